The Kier molecular flexibility index (Phi) is 11.5. The smallest absolute Gasteiger partial charge is 0.0280 e. The lowest BCUT2D eigenvalue weighted by Gasteiger charge is -2.01. The van der Waals surface area contributed by atoms with Gasteiger partial charge < -0.3 is 0 Å². The van der Waals surface area contributed by atoms with E-state index in [1.807, 2.05) is 19.9 Å². The van der Waals surface area contributed by atoms with E-state index < -0.39 is 0 Å². The second-order valence-corrected chi connectivity index (χ2v) is 3.14. The molecule has 0 aliphatic carbocycles. The second kappa shape index (κ2) is 10.3. The van der Waals surface area contributed by atoms with Gasteiger partial charge in [0.25, 0.3) is 0 Å². The summed E-state index contributed by atoms with van der Waals surface area (Å²) in [6, 6.07) is 0. The van der Waals surface area contributed by atoms with Crippen LogP contribution in [0, 0.1) is 0 Å². The van der Waals surface area contributed by atoms with Gasteiger partial charge in [0, 0.05) is 5.33 Å². The first-order valence-electron chi connectivity index (χ1n) is 4.36. The maximum Gasteiger partial charge on any atom is 0.0280 e. The van der Waals surface area contributed by atoms with Crippen molar-refractivity contribution in [2.75, 3.05) is 5.33 Å². The Balaban J connectivity index is 0. The van der Waals surface area contributed by atoms with Gasteiger partial charge in [0.15, 0.2) is 0 Å². The third-order valence-electron chi connectivity index (χ3n) is 1.58. The quantitative estimate of drug-likeness (QED) is 0.384. The molecule has 0 heterocycles. The SMILES string of the molecule is C=C.C=C/C(=C/C(=C\C)CBr)C(=C)C. The van der Waals surface area contributed by atoms with E-state index in [9.17, 15) is 0 Å². The lowest BCUT2D eigenvalue weighted by molar-refractivity contribution is 1.41. The number of alkyl halides is 1. The Hall–Kier alpha value is -0.820. The van der Waals surface area contributed by atoms with E-state index in [1.165, 1.54) is 5.57 Å². The Morgan fingerprint density at radius 3 is 2.07 bits per heavy atom. The van der Waals surface area contributed by atoms with E-state index in [2.05, 4.69) is 54.4 Å². The minimum atomic E-state index is 0.869. The summed E-state index contributed by atoms with van der Waals surface area (Å²) < 4.78 is 0. The number of hydrogen-bond acceptors (Lipinski definition) is 0. The molecular formula is C13H19Br. The van der Waals surface area contributed by atoms with Crippen LogP contribution in [-0.2, 0) is 0 Å². The van der Waals surface area contributed by atoms with Crippen molar-refractivity contribution in [1.82, 2.24) is 0 Å². The van der Waals surface area contributed by atoms with Gasteiger partial charge in [0.2, 0.25) is 0 Å². The molecule has 14 heavy (non-hydrogen) atoms. The molecule has 0 aromatic carbocycles. The summed E-state index contributed by atoms with van der Waals surface area (Å²) in [5.74, 6) is 0. The lowest BCUT2D eigenvalue weighted by atomic mass is 10.1. The molecule has 0 saturated carbocycles. The Morgan fingerprint density at radius 2 is 1.86 bits per heavy atom. The molecule has 1 heteroatoms. The number of allylic oxidation sites excluding steroid dienone is 6. The van der Waals surface area contributed by atoms with Crippen molar-refractivity contribution in [3.05, 3.63) is 61.3 Å². The number of halogens is 1. The van der Waals surface area contributed by atoms with Crippen LogP contribution in [0.3, 0.4) is 0 Å². The molecule has 0 aliphatic heterocycles. The zero-order chi connectivity index (χ0) is 11.6. The molecule has 0 unspecified atom stereocenters. The van der Waals surface area contributed by atoms with E-state index in [0.29, 0.717) is 0 Å². The highest BCUT2D eigenvalue weighted by atomic mass is 79.9. The van der Waals surface area contributed by atoms with E-state index in [4.69, 9.17) is 0 Å². The van der Waals surface area contributed by atoms with Crippen LogP contribution in [0.15, 0.2) is 61.3 Å². The largest absolute Gasteiger partial charge is 0.106 e. The van der Waals surface area contributed by atoms with E-state index in [-0.39, 0.29) is 0 Å². The lowest BCUT2D eigenvalue weighted by Crippen LogP contribution is -1.83. The van der Waals surface area contributed by atoms with Crippen LogP contribution in [0.25, 0.3) is 0 Å². The van der Waals surface area contributed by atoms with Crippen LogP contribution in [-0.4, -0.2) is 5.33 Å². The molecule has 0 atom stereocenters. The van der Waals surface area contributed by atoms with Crippen LogP contribution in [0.4, 0.5) is 0 Å². The third-order valence-corrected chi connectivity index (χ3v) is 2.23. The molecule has 0 aromatic heterocycles. The normalized spacial score (nSPS) is 11.4. The zero-order valence-electron chi connectivity index (χ0n) is 9.15. The van der Waals surface area contributed by atoms with Crippen LogP contribution in [0.2, 0.25) is 0 Å². The fraction of sp³-hybridized carbons (Fsp3) is 0.231. The standard InChI is InChI=1S/C11H15Br.C2H4/c1-5-10(8-12)7-11(6-2)9(3)4;1-2/h5-7H,2-3,8H2,1,4H3;1-2H2/b10-5+,11-7-;. The molecule has 0 fully saturated rings. The van der Waals surface area contributed by atoms with Gasteiger partial charge in [-0.1, -0.05) is 52.9 Å². The fourth-order valence-electron chi connectivity index (χ4n) is 0.755. The summed E-state index contributed by atoms with van der Waals surface area (Å²) in [6.45, 7) is 17.6. The van der Waals surface area contributed by atoms with Gasteiger partial charge in [-0.15, -0.1) is 13.2 Å². The summed E-state index contributed by atoms with van der Waals surface area (Å²) in [5, 5.41) is 0.869. The summed E-state index contributed by atoms with van der Waals surface area (Å²) in [5.41, 5.74) is 3.39. The molecule has 0 nitrogen and oxygen atoms in total. The molecule has 0 spiro atoms. The minimum absolute atomic E-state index is 0.869. The predicted octanol–water partition coefficient (Wildman–Crippen LogP) is 4.82. The average molecular weight is 255 g/mol. The summed E-state index contributed by atoms with van der Waals surface area (Å²) in [4.78, 5) is 0. The number of hydrogen-bond donors (Lipinski definition) is 0. The van der Waals surface area contributed by atoms with Gasteiger partial charge in [-0.05, 0) is 25.0 Å². The molecule has 0 radical (unpaired) electrons. The summed E-state index contributed by atoms with van der Waals surface area (Å²) in [6.07, 6.45) is 5.99. The Morgan fingerprint density at radius 1 is 1.36 bits per heavy atom. The summed E-state index contributed by atoms with van der Waals surface area (Å²) in [7, 11) is 0. The van der Waals surface area contributed by atoms with E-state index in [0.717, 1.165) is 16.5 Å². The van der Waals surface area contributed by atoms with Gasteiger partial charge in [-0.3, -0.25) is 0 Å². The van der Waals surface area contributed by atoms with E-state index in [1.54, 1.807) is 0 Å². The van der Waals surface area contributed by atoms with Crippen molar-refractivity contribution in [2.45, 2.75) is 13.8 Å². The molecule has 0 rings (SSSR count). The molecule has 0 N–H and O–H groups in total. The van der Waals surface area contributed by atoms with Crippen molar-refractivity contribution < 1.29 is 0 Å². The highest BCUT2D eigenvalue weighted by molar-refractivity contribution is 9.09. The number of rotatable bonds is 4. The minimum Gasteiger partial charge on any atom is -0.106 e. The van der Waals surface area contributed by atoms with Crippen molar-refractivity contribution in [3.8, 4) is 0 Å². The van der Waals surface area contributed by atoms with Crippen LogP contribution < -0.4 is 0 Å². The highest BCUT2D eigenvalue weighted by Crippen LogP contribution is 2.12. The van der Waals surface area contributed by atoms with Crippen LogP contribution in [0.5, 0.6) is 0 Å². The van der Waals surface area contributed by atoms with Crippen molar-refractivity contribution in [3.63, 3.8) is 0 Å². The van der Waals surface area contributed by atoms with Crippen molar-refractivity contribution in [2.24, 2.45) is 0 Å². The Labute approximate surface area is 96.5 Å². The van der Waals surface area contributed by atoms with E-state index >= 15 is 0 Å². The monoisotopic (exact) mass is 254 g/mol. The van der Waals surface area contributed by atoms with Gasteiger partial charge in [-0.25, -0.2) is 0 Å². The Bertz CT molecular complexity index is 244. The average Bonchev–Trinajstić information content (AvgIpc) is 2.22. The second-order valence-electron chi connectivity index (χ2n) is 2.58. The maximum absolute atomic E-state index is 3.87. The highest BCUT2D eigenvalue weighted by Gasteiger charge is 1.93. The summed E-state index contributed by atoms with van der Waals surface area (Å²) >= 11 is 3.41. The van der Waals surface area contributed by atoms with Gasteiger partial charge in [0.1, 0.15) is 0 Å². The molecule has 0 aromatic rings. The fourth-order valence-corrected chi connectivity index (χ4v) is 1.24. The molecule has 78 valence electrons. The first-order chi connectivity index (χ1) is 6.65. The molecule has 0 saturated heterocycles. The first-order valence-corrected chi connectivity index (χ1v) is 5.49. The van der Waals surface area contributed by atoms with Crippen LogP contribution in [0.1, 0.15) is 13.8 Å². The van der Waals surface area contributed by atoms with Gasteiger partial charge >= 0.3 is 0 Å². The third kappa shape index (κ3) is 6.67. The van der Waals surface area contributed by atoms with Crippen molar-refractivity contribution in [1.29, 1.82) is 0 Å². The van der Waals surface area contributed by atoms with Crippen molar-refractivity contribution >= 4 is 15.9 Å². The molecule has 0 amide bonds. The van der Waals surface area contributed by atoms with Gasteiger partial charge in [-0.2, -0.15) is 0 Å². The molecule has 0 aliphatic rings. The molecule has 0 bridgehead atoms. The van der Waals surface area contributed by atoms with Crippen LogP contribution >= 0.6 is 15.9 Å². The first kappa shape index (κ1) is 15.6. The van der Waals surface area contributed by atoms with Gasteiger partial charge in [0.05, 0.1) is 0 Å². The maximum atomic E-state index is 3.87. The zero-order valence-corrected chi connectivity index (χ0v) is 10.7. The topological polar surface area (TPSA) is 0 Å². The predicted molar refractivity (Wildman–Crippen MR) is 71.9 cm³/mol. The molecular weight excluding hydrogens is 236 g/mol.